The number of ether oxygens (including phenoxy) is 2. The molecule has 0 aliphatic carbocycles. The van der Waals surface area contributed by atoms with Crippen molar-refractivity contribution in [2.75, 3.05) is 32.8 Å². The van der Waals surface area contributed by atoms with Gasteiger partial charge in [-0.1, -0.05) is 36.8 Å². The zero-order valence-electron chi connectivity index (χ0n) is 23.1. The molecule has 1 saturated heterocycles. The van der Waals surface area contributed by atoms with Crippen LogP contribution in [0, 0.1) is 5.41 Å². The van der Waals surface area contributed by atoms with E-state index in [1.807, 2.05) is 57.2 Å². The van der Waals surface area contributed by atoms with Crippen molar-refractivity contribution in [1.82, 2.24) is 15.5 Å². The lowest BCUT2D eigenvalue weighted by atomic mass is 9.73. The number of carbonyl (C=O) groups is 2. The van der Waals surface area contributed by atoms with Crippen LogP contribution in [0.2, 0.25) is 0 Å². The van der Waals surface area contributed by atoms with Crippen LogP contribution in [0.25, 0.3) is 0 Å². The van der Waals surface area contributed by atoms with Crippen molar-refractivity contribution >= 4 is 11.8 Å². The fourth-order valence-corrected chi connectivity index (χ4v) is 5.55. The quantitative estimate of drug-likeness (QED) is 0.578. The molecule has 2 aromatic rings. The third-order valence-corrected chi connectivity index (χ3v) is 7.76. The fourth-order valence-electron chi connectivity index (χ4n) is 5.55. The number of nitrogens with one attached hydrogen (secondary N) is 2. The number of nitrogens with zero attached hydrogens (tertiary/aromatic N) is 1. The summed E-state index contributed by atoms with van der Waals surface area (Å²) in [6.45, 7) is 8.82. The summed E-state index contributed by atoms with van der Waals surface area (Å²) in [7, 11) is 0. The molecule has 206 valence electrons. The molecule has 7 nitrogen and oxygen atoms in total. The smallest absolute Gasteiger partial charge is 0.234 e. The number of likely N-dealkylation sites (tertiary alicyclic amines) is 1. The maximum atomic E-state index is 13.3. The van der Waals surface area contributed by atoms with Crippen LogP contribution in [0.15, 0.2) is 48.5 Å². The Hall–Kier alpha value is -3.06. The Morgan fingerprint density at radius 2 is 1.79 bits per heavy atom. The first-order valence-electron chi connectivity index (χ1n) is 14.1. The van der Waals surface area contributed by atoms with Gasteiger partial charge in [0, 0.05) is 0 Å². The van der Waals surface area contributed by atoms with Crippen molar-refractivity contribution in [2.24, 2.45) is 5.41 Å². The predicted octanol–water partition coefficient (Wildman–Crippen LogP) is 4.65. The van der Waals surface area contributed by atoms with E-state index in [9.17, 15) is 9.59 Å². The number of hydrogen-bond donors (Lipinski definition) is 2. The molecule has 0 aromatic heterocycles. The summed E-state index contributed by atoms with van der Waals surface area (Å²) in [5.74, 6) is 1.90. The van der Waals surface area contributed by atoms with Crippen molar-refractivity contribution in [3.63, 3.8) is 0 Å². The van der Waals surface area contributed by atoms with Gasteiger partial charge in [-0.3, -0.25) is 14.5 Å². The maximum absolute atomic E-state index is 13.3. The highest BCUT2D eigenvalue weighted by molar-refractivity contribution is 5.83. The van der Waals surface area contributed by atoms with E-state index in [0.29, 0.717) is 19.7 Å². The van der Waals surface area contributed by atoms with Gasteiger partial charge in [-0.05, 0) is 95.3 Å². The zero-order valence-corrected chi connectivity index (χ0v) is 23.1. The molecular formula is C31H43N3O4. The lowest BCUT2D eigenvalue weighted by molar-refractivity contribution is -0.135. The van der Waals surface area contributed by atoms with Crippen molar-refractivity contribution < 1.29 is 19.1 Å². The molecule has 2 aliphatic heterocycles. The second-order valence-corrected chi connectivity index (χ2v) is 11.0. The average Bonchev–Trinajstić information content (AvgIpc) is 2.90. The van der Waals surface area contributed by atoms with Crippen LogP contribution in [0.3, 0.4) is 0 Å². The first-order chi connectivity index (χ1) is 18.3. The Bertz CT molecular complexity index is 1060. The van der Waals surface area contributed by atoms with Crippen LogP contribution < -0.4 is 20.1 Å². The van der Waals surface area contributed by atoms with Gasteiger partial charge in [-0.2, -0.15) is 0 Å². The second-order valence-electron chi connectivity index (χ2n) is 11.0. The topological polar surface area (TPSA) is 79.9 Å². The standard InChI is InChI=1S/C31H43N3O4/c1-23(2)38-27-13-11-25(12-14-27)24(3)33-29(35)22-34-19-16-31(17-20-34)15-7-6-9-26-8-4-5-10-28(26)37-21-18-32-30(31)36/h4-5,8,10-14,23-24H,6-7,9,15-22H2,1-3H3,(H,32,36)(H,33,35). The van der Waals surface area contributed by atoms with Crippen LogP contribution in [0.4, 0.5) is 0 Å². The van der Waals surface area contributed by atoms with Crippen LogP contribution >= 0.6 is 0 Å². The second kappa shape index (κ2) is 13.1. The summed E-state index contributed by atoms with van der Waals surface area (Å²) >= 11 is 0. The summed E-state index contributed by atoms with van der Waals surface area (Å²) in [6.07, 6.45) is 5.56. The number of para-hydroxylation sites is 1. The van der Waals surface area contributed by atoms with Crippen molar-refractivity contribution in [3.05, 3.63) is 59.7 Å². The lowest BCUT2D eigenvalue weighted by Crippen LogP contribution is -2.51. The normalized spacial score (nSPS) is 19.3. The largest absolute Gasteiger partial charge is 0.491 e. The molecule has 0 radical (unpaired) electrons. The molecule has 2 amide bonds. The van der Waals surface area contributed by atoms with E-state index >= 15 is 0 Å². The molecule has 2 aromatic carbocycles. The molecule has 7 heteroatoms. The summed E-state index contributed by atoms with van der Waals surface area (Å²) in [6, 6.07) is 16.0. The highest BCUT2D eigenvalue weighted by Gasteiger charge is 2.41. The van der Waals surface area contributed by atoms with Gasteiger partial charge in [0.05, 0.1) is 30.7 Å². The van der Waals surface area contributed by atoms with Crippen LogP contribution in [-0.2, 0) is 16.0 Å². The number of aryl methyl sites for hydroxylation is 1. The molecule has 4 rings (SSSR count). The van der Waals surface area contributed by atoms with E-state index in [1.165, 1.54) is 5.56 Å². The average molecular weight is 522 g/mol. The molecule has 2 aliphatic rings. The van der Waals surface area contributed by atoms with Crippen molar-refractivity contribution in [3.8, 4) is 11.5 Å². The van der Waals surface area contributed by atoms with Crippen molar-refractivity contribution in [2.45, 2.75) is 71.4 Å². The van der Waals surface area contributed by atoms with E-state index in [-0.39, 0.29) is 29.4 Å². The maximum Gasteiger partial charge on any atom is 0.234 e. The van der Waals surface area contributed by atoms with Gasteiger partial charge >= 0.3 is 0 Å². The van der Waals surface area contributed by atoms with Gasteiger partial charge in [0.2, 0.25) is 11.8 Å². The SMILES string of the molecule is CC(C)Oc1ccc(C(C)NC(=O)CN2CCC3(CCCCc4ccccc4OCCNC3=O)CC2)cc1. The van der Waals surface area contributed by atoms with Crippen LogP contribution in [0.5, 0.6) is 11.5 Å². The summed E-state index contributed by atoms with van der Waals surface area (Å²) in [5, 5.41) is 6.26. The highest BCUT2D eigenvalue weighted by atomic mass is 16.5. The van der Waals surface area contributed by atoms with E-state index < -0.39 is 0 Å². The predicted molar refractivity (Wildman–Crippen MR) is 149 cm³/mol. The Labute approximate surface area is 227 Å². The van der Waals surface area contributed by atoms with Gasteiger partial charge < -0.3 is 20.1 Å². The van der Waals surface area contributed by atoms with Crippen molar-refractivity contribution in [1.29, 1.82) is 0 Å². The number of carbonyl (C=O) groups excluding carboxylic acids is 2. The van der Waals surface area contributed by atoms with Gasteiger partial charge in [-0.15, -0.1) is 0 Å². The summed E-state index contributed by atoms with van der Waals surface area (Å²) in [4.78, 5) is 28.3. The van der Waals surface area contributed by atoms with Gasteiger partial charge in [-0.25, -0.2) is 0 Å². The molecule has 2 N–H and O–H groups in total. The molecule has 1 fully saturated rings. The Morgan fingerprint density at radius 3 is 2.53 bits per heavy atom. The molecule has 0 saturated carbocycles. The van der Waals surface area contributed by atoms with E-state index in [2.05, 4.69) is 27.7 Å². The number of rotatable bonds is 6. The van der Waals surface area contributed by atoms with E-state index in [0.717, 1.165) is 68.7 Å². The molecule has 1 unspecified atom stereocenters. The first kappa shape index (κ1) is 28.0. The molecule has 2 heterocycles. The Kier molecular flexibility index (Phi) is 9.67. The van der Waals surface area contributed by atoms with E-state index in [1.54, 1.807) is 0 Å². The molecular weight excluding hydrogens is 478 g/mol. The minimum Gasteiger partial charge on any atom is -0.491 e. The van der Waals surface area contributed by atoms with Gasteiger partial charge in [0.15, 0.2) is 0 Å². The van der Waals surface area contributed by atoms with Gasteiger partial charge in [0.25, 0.3) is 0 Å². The minimum atomic E-state index is -0.362. The molecule has 0 bridgehead atoms. The number of hydrogen-bond acceptors (Lipinski definition) is 5. The van der Waals surface area contributed by atoms with Crippen LogP contribution in [-0.4, -0.2) is 55.6 Å². The first-order valence-corrected chi connectivity index (χ1v) is 14.1. The van der Waals surface area contributed by atoms with Gasteiger partial charge in [0.1, 0.15) is 18.1 Å². The third-order valence-electron chi connectivity index (χ3n) is 7.76. The summed E-state index contributed by atoms with van der Waals surface area (Å²) in [5.41, 5.74) is 1.92. The number of piperidine rings is 1. The number of fused-ring (bicyclic) bond motifs is 1. The molecule has 1 spiro atoms. The molecule has 1 atom stereocenters. The Morgan fingerprint density at radius 1 is 1.05 bits per heavy atom. The number of benzene rings is 2. The lowest BCUT2D eigenvalue weighted by Gasteiger charge is -2.41. The zero-order chi connectivity index (χ0) is 27.0. The third kappa shape index (κ3) is 7.50. The monoisotopic (exact) mass is 521 g/mol. The van der Waals surface area contributed by atoms with E-state index in [4.69, 9.17) is 9.47 Å². The minimum absolute atomic E-state index is 0.00918. The highest BCUT2D eigenvalue weighted by Crippen LogP contribution is 2.37. The Balaban J connectivity index is 1.27. The molecule has 38 heavy (non-hydrogen) atoms. The summed E-state index contributed by atoms with van der Waals surface area (Å²) < 4.78 is 11.7. The fraction of sp³-hybridized carbons (Fsp3) is 0.548. The number of amides is 2. The van der Waals surface area contributed by atoms with Crippen LogP contribution in [0.1, 0.15) is 70.0 Å².